The topological polar surface area (TPSA) is 32.8 Å². The van der Waals surface area contributed by atoms with Crippen molar-refractivity contribution in [3.8, 4) is 0 Å². The molecule has 0 aromatic heterocycles. The average molecular weight is 334 g/mol. The highest BCUT2D eigenvalue weighted by Gasteiger charge is 2.28. The van der Waals surface area contributed by atoms with Gasteiger partial charge in [0.25, 0.3) is 0 Å². The number of piperidine rings is 1. The van der Waals surface area contributed by atoms with E-state index in [1.807, 2.05) is 4.90 Å². The number of halogens is 1. The van der Waals surface area contributed by atoms with Gasteiger partial charge in [-0.1, -0.05) is 12.1 Å². The number of hydrogen-bond acceptors (Lipinski definition) is 3. The number of hydrogen-bond donors (Lipinski definition) is 0. The Hall–Kier alpha value is -1.46. The molecule has 24 heavy (non-hydrogen) atoms. The van der Waals surface area contributed by atoms with Gasteiger partial charge in [0.05, 0.1) is 13.2 Å². The van der Waals surface area contributed by atoms with Crippen LogP contribution in [-0.4, -0.2) is 61.1 Å². The first-order chi connectivity index (χ1) is 11.7. The van der Waals surface area contributed by atoms with Crippen LogP contribution >= 0.6 is 0 Å². The molecule has 2 fully saturated rings. The maximum Gasteiger partial charge on any atom is 0.222 e. The van der Waals surface area contributed by atoms with Gasteiger partial charge in [-0.05, 0) is 43.4 Å². The fourth-order valence-electron chi connectivity index (χ4n) is 3.67. The molecule has 0 radical (unpaired) electrons. The second kappa shape index (κ2) is 8.58. The number of carbonyl (C=O) groups is 1. The van der Waals surface area contributed by atoms with E-state index in [9.17, 15) is 9.18 Å². The van der Waals surface area contributed by atoms with Crippen molar-refractivity contribution in [3.63, 3.8) is 0 Å². The Labute approximate surface area is 143 Å². The number of rotatable bonds is 5. The summed E-state index contributed by atoms with van der Waals surface area (Å²) >= 11 is 0. The zero-order chi connectivity index (χ0) is 16.8. The van der Waals surface area contributed by atoms with E-state index in [1.165, 1.54) is 18.6 Å². The molecule has 0 aliphatic carbocycles. The van der Waals surface area contributed by atoms with Crippen molar-refractivity contribution in [2.75, 3.05) is 39.4 Å². The minimum atomic E-state index is -0.211. The lowest BCUT2D eigenvalue weighted by Crippen LogP contribution is -2.52. The maximum atomic E-state index is 12.9. The standard InChI is InChI=1S/C19H27FN2O2/c20-17-8-6-16(7-9-17)3-1-5-19(23)22-10-2-4-18(15-22)21-11-13-24-14-12-21/h6-9,18H,1-5,10-15H2. The number of aryl methyl sites for hydroxylation is 1. The van der Waals surface area contributed by atoms with E-state index in [-0.39, 0.29) is 11.7 Å². The van der Waals surface area contributed by atoms with Crippen molar-refractivity contribution >= 4 is 5.91 Å². The van der Waals surface area contributed by atoms with E-state index in [0.717, 1.165) is 64.2 Å². The summed E-state index contributed by atoms with van der Waals surface area (Å²) in [6.07, 6.45) is 4.49. The zero-order valence-corrected chi connectivity index (χ0v) is 14.3. The molecule has 0 N–H and O–H groups in total. The molecule has 2 aliphatic rings. The van der Waals surface area contributed by atoms with E-state index in [2.05, 4.69) is 4.90 Å². The van der Waals surface area contributed by atoms with E-state index in [1.54, 1.807) is 12.1 Å². The molecule has 0 saturated carbocycles. The summed E-state index contributed by atoms with van der Waals surface area (Å²) in [5.41, 5.74) is 1.09. The third-order valence-electron chi connectivity index (χ3n) is 5.08. The summed E-state index contributed by atoms with van der Waals surface area (Å²) in [5, 5.41) is 0. The smallest absolute Gasteiger partial charge is 0.222 e. The van der Waals surface area contributed by atoms with Crippen molar-refractivity contribution in [3.05, 3.63) is 35.6 Å². The summed E-state index contributed by atoms with van der Waals surface area (Å²) in [4.78, 5) is 17.0. The number of ether oxygens (including phenoxy) is 1. The third-order valence-corrected chi connectivity index (χ3v) is 5.08. The van der Waals surface area contributed by atoms with Crippen LogP contribution in [0.1, 0.15) is 31.2 Å². The summed E-state index contributed by atoms with van der Waals surface area (Å²) in [6, 6.07) is 7.05. The van der Waals surface area contributed by atoms with Gasteiger partial charge in [-0.15, -0.1) is 0 Å². The molecule has 1 unspecified atom stereocenters. The van der Waals surface area contributed by atoms with Crippen LogP contribution in [0.3, 0.4) is 0 Å². The maximum absolute atomic E-state index is 12.9. The Morgan fingerprint density at radius 3 is 2.67 bits per heavy atom. The molecular formula is C19H27FN2O2. The average Bonchev–Trinajstić information content (AvgIpc) is 2.64. The monoisotopic (exact) mass is 334 g/mol. The van der Waals surface area contributed by atoms with Crippen molar-refractivity contribution in [2.45, 2.75) is 38.1 Å². The molecule has 132 valence electrons. The van der Waals surface area contributed by atoms with Gasteiger partial charge in [0.2, 0.25) is 5.91 Å². The minimum absolute atomic E-state index is 0.211. The molecule has 1 aromatic carbocycles. The molecule has 5 heteroatoms. The first-order valence-electron chi connectivity index (χ1n) is 9.06. The van der Waals surface area contributed by atoms with Gasteiger partial charge in [-0.2, -0.15) is 0 Å². The minimum Gasteiger partial charge on any atom is -0.379 e. The fraction of sp³-hybridized carbons (Fsp3) is 0.632. The predicted molar refractivity (Wildman–Crippen MR) is 91.3 cm³/mol. The highest BCUT2D eigenvalue weighted by molar-refractivity contribution is 5.76. The Morgan fingerprint density at radius 2 is 1.92 bits per heavy atom. The van der Waals surface area contributed by atoms with Crippen LogP contribution in [0.25, 0.3) is 0 Å². The Kier molecular flexibility index (Phi) is 6.21. The van der Waals surface area contributed by atoms with Gasteiger partial charge in [-0.25, -0.2) is 4.39 Å². The molecule has 4 nitrogen and oxygen atoms in total. The van der Waals surface area contributed by atoms with E-state index in [0.29, 0.717) is 12.5 Å². The lowest BCUT2D eigenvalue weighted by molar-refractivity contribution is -0.133. The number of carbonyl (C=O) groups excluding carboxylic acids is 1. The van der Waals surface area contributed by atoms with Crippen molar-refractivity contribution in [1.82, 2.24) is 9.80 Å². The zero-order valence-electron chi connectivity index (χ0n) is 14.3. The van der Waals surface area contributed by atoms with Crippen LogP contribution in [0, 0.1) is 5.82 Å². The largest absolute Gasteiger partial charge is 0.379 e. The Morgan fingerprint density at radius 1 is 1.17 bits per heavy atom. The molecule has 2 heterocycles. The molecule has 2 aliphatic heterocycles. The summed E-state index contributed by atoms with van der Waals surface area (Å²) in [5.74, 6) is 0.0485. The molecule has 1 aromatic rings. The molecule has 1 atom stereocenters. The fourth-order valence-corrected chi connectivity index (χ4v) is 3.67. The predicted octanol–water partition coefficient (Wildman–Crippen LogP) is 2.47. The summed E-state index contributed by atoms with van der Waals surface area (Å²) < 4.78 is 18.3. The highest BCUT2D eigenvalue weighted by Crippen LogP contribution is 2.18. The van der Waals surface area contributed by atoms with Gasteiger partial charge in [-0.3, -0.25) is 9.69 Å². The molecule has 3 rings (SSSR count). The number of nitrogens with zero attached hydrogens (tertiary/aromatic N) is 2. The van der Waals surface area contributed by atoms with Crippen LogP contribution in [0.4, 0.5) is 4.39 Å². The molecule has 0 spiro atoms. The molecular weight excluding hydrogens is 307 g/mol. The second-order valence-electron chi connectivity index (χ2n) is 6.76. The normalized spacial score (nSPS) is 22.5. The van der Waals surface area contributed by atoms with Gasteiger partial charge < -0.3 is 9.64 Å². The van der Waals surface area contributed by atoms with E-state index in [4.69, 9.17) is 4.74 Å². The van der Waals surface area contributed by atoms with Crippen LogP contribution < -0.4 is 0 Å². The van der Waals surface area contributed by atoms with Crippen LogP contribution in [0.5, 0.6) is 0 Å². The Balaban J connectivity index is 1.43. The Bertz CT molecular complexity index is 529. The molecule has 1 amide bonds. The lowest BCUT2D eigenvalue weighted by atomic mass is 10.0. The number of likely N-dealkylation sites (tertiary alicyclic amines) is 1. The van der Waals surface area contributed by atoms with Crippen LogP contribution in [-0.2, 0) is 16.0 Å². The van der Waals surface area contributed by atoms with Crippen molar-refractivity contribution in [2.24, 2.45) is 0 Å². The quantitative estimate of drug-likeness (QED) is 0.829. The summed E-state index contributed by atoms with van der Waals surface area (Å²) in [6.45, 7) is 5.32. The third kappa shape index (κ3) is 4.77. The first-order valence-corrected chi connectivity index (χ1v) is 9.06. The number of amides is 1. The van der Waals surface area contributed by atoms with Crippen LogP contribution in [0.2, 0.25) is 0 Å². The van der Waals surface area contributed by atoms with Crippen LogP contribution in [0.15, 0.2) is 24.3 Å². The number of benzene rings is 1. The summed E-state index contributed by atoms with van der Waals surface area (Å²) in [7, 11) is 0. The lowest BCUT2D eigenvalue weighted by Gasteiger charge is -2.41. The van der Waals surface area contributed by atoms with E-state index < -0.39 is 0 Å². The first kappa shape index (κ1) is 17.4. The van der Waals surface area contributed by atoms with Crippen molar-refractivity contribution in [1.29, 1.82) is 0 Å². The van der Waals surface area contributed by atoms with Gasteiger partial charge in [0, 0.05) is 38.6 Å². The van der Waals surface area contributed by atoms with Gasteiger partial charge in [0.15, 0.2) is 0 Å². The highest BCUT2D eigenvalue weighted by atomic mass is 19.1. The second-order valence-corrected chi connectivity index (χ2v) is 6.76. The van der Waals surface area contributed by atoms with Crippen molar-refractivity contribution < 1.29 is 13.9 Å². The van der Waals surface area contributed by atoms with Gasteiger partial charge >= 0.3 is 0 Å². The molecule has 0 bridgehead atoms. The number of morpholine rings is 1. The molecule has 2 saturated heterocycles. The van der Waals surface area contributed by atoms with E-state index >= 15 is 0 Å². The van der Waals surface area contributed by atoms with Gasteiger partial charge in [0.1, 0.15) is 5.82 Å². The SMILES string of the molecule is O=C(CCCc1ccc(F)cc1)N1CCCC(N2CCOCC2)C1.